The monoisotopic (exact) mass is 214 g/mol. The van der Waals surface area contributed by atoms with E-state index in [4.69, 9.17) is 4.74 Å². The molecule has 2 atom stereocenters. The smallest absolute Gasteiger partial charge is 0.309 e. The molecule has 0 radical (unpaired) electrons. The molecular weight excluding hydrogens is 192 g/mol. The summed E-state index contributed by atoms with van der Waals surface area (Å²) in [6.07, 6.45) is 3.81. The molecule has 0 heterocycles. The van der Waals surface area contributed by atoms with E-state index < -0.39 is 5.60 Å². The SMILES string of the molecule is CCOC(=O)C1CC1CCCC(C)(C)O. The van der Waals surface area contributed by atoms with Gasteiger partial charge in [-0.05, 0) is 46.0 Å². The third-order valence-electron chi connectivity index (χ3n) is 2.88. The van der Waals surface area contributed by atoms with Crippen molar-refractivity contribution < 1.29 is 14.6 Å². The van der Waals surface area contributed by atoms with Crippen molar-refractivity contribution >= 4 is 5.97 Å². The molecule has 88 valence electrons. The lowest BCUT2D eigenvalue weighted by molar-refractivity contribution is -0.145. The van der Waals surface area contributed by atoms with E-state index in [2.05, 4.69) is 0 Å². The Morgan fingerprint density at radius 1 is 1.53 bits per heavy atom. The molecule has 0 saturated heterocycles. The number of ether oxygens (including phenoxy) is 1. The minimum absolute atomic E-state index is 0.0363. The van der Waals surface area contributed by atoms with Crippen LogP contribution in [0.5, 0.6) is 0 Å². The molecule has 0 aromatic heterocycles. The number of hydrogen-bond donors (Lipinski definition) is 1. The molecule has 1 fully saturated rings. The van der Waals surface area contributed by atoms with Crippen LogP contribution in [0.1, 0.15) is 46.5 Å². The summed E-state index contributed by atoms with van der Waals surface area (Å²) in [5.41, 5.74) is -0.575. The Balaban J connectivity index is 2.09. The lowest BCUT2D eigenvalue weighted by Gasteiger charge is -2.16. The predicted octanol–water partition coefficient (Wildman–Crippen LogP) is 2.13. The molecule has 0 amide bonds. The second-order valence-corrected chi connectivity index (χ2v) is 5.06. The van der Waals surface area contributed by atoms with Gasteiger partial charge >= 0.3 is 5.97 Å². The number of rotatable bonds is 6. The van der Waals surface area contributed by atoms with Crippen LogP contribution in [0, 0.1) is 11.8 Å². The second-order valence-electron chi connectivity index (χ2n) is 5.06. The molecule has 1 rings (SSSR count). The Bertz CT molecular complexity index is 217. The molecule has 0 aliphatic heterocycles. The van der Waals surface area contributed by atoms with Gasteiger partial charge in [-0.1, -0.05) is 6.42 Å². The molecule has 3 nitrogen and oxygen atoms in total. The molecule has 3 heteroatoms. The van der Waals surface area contributed by atoms with Crippen LogP contribution in [-0.4, -0.2) is 23.3 Å². The minimum Gasteiger partial charge on any atom is -0.466 e. The largest absolute Gasteiger partial charge is 0.466 e. The number of carbonyl (C=O) groups is 1. The molecule has 1 aliphatic rings. The van der Waals surface area contributed by atoms with Crippen LogP contribution < -0.4 is 0 Å². The maximum atomic E-state index is 11.3. The summed E-state index contributed by atoms with van der Waals surface area (Å²) in [5.74, 6) is 0.615. The summed E-state index contributed by atoms with van der Waals surface area (Å²) in [4.78, 5) is 11.3. The van der Waals surface area contributed by atoms with Crippen molar-refractivity contribution in [3.05, 3.63) is 0 Å². The molecule has 1 saturated carbocycles. The summed E-state index contributed by atoms with van der Waals surface area (Å²) < 4.78 is 4.95. The average molecular weight is 214 g/mol. The van der Waals surface area contributed by atoms with Gasteiger partial charge in [0.25, 0.3) is 0 Å². The Morgan fingerprint density at radius 2 is 2.20 bits per heavy atom. The lowest BCUT2D eigenvalue weighted by Crippen LogP contribution is -2.18. The predicted molar refractivity (Wildman–Crippen MR) is 58.4 cm³/mol. The fourth-order valence-electron chi connectivity index (χ4n) is 1.90. The molecule has 1 N–H and O–H groups in total. The van der Waals surface area contributed by atoms with E-state index in [0.717, 1.165) is 25.7 Å². The van der Waals surface area contributed by atoms with Gasteiger partial charge in [-0.25, -0.2) is 0 Å². The van der Waals surface area contributed by atoms with Crippen molar-refractivity contribution in [3.8, 4) is 0 Å². The zero-order chi connectivity index (χ0) is 11.5. The van der Waals surface area contributed by atoms with Gasteiger partial charge in [0, 0.05) is 0 Å². The molecule has 0 spiro atoms. The fraction of sp³-hybridized carbons (Fsp3) is 0.917. The molecule has 0 aromatic carbocycles. The first-order valence-electron chi connectivity index (χ1n) is 5.83. The maximum absolute atomic E-state index is 11.3. The fourth-order valence-corrected chi connectivity index (χ4v) is 1.90. The third-order valence-corrected chi connectivity index (χ3v) is 2.88. The zero-order valence-electron chi connectivity index (χ0n) is 9.95. The first-order chi connectivity index (χ1) is 6.94. The Kier molecular flexibility index (Phi) is 4.14. The van der Waals surface area contributed by atoms with Gasteiger partial charge < -0.3 is 9.84 Å². The van der Waals surface area contributed by atoms with E-state index in [9.17, 15) is 9.90 Å². The Morgan fingerprint density at radius 3 is 2.73 bits per heavy atom. The minimum atomic E-state index is -0.575. The first kappa shape index (κ1) is 12.5. The van der Waals surface area contributed by atoms with Crippen molar-refractivity contribution in [1.82, 2.24) is 0 Å². The van der Waals surface area contributed by atoms with Crippen LogP contribution in [0.25, 0.3) is 0 Å². The summed E-state index contributed by atoms with van der Waals surface area (Å²) in [6.45, 7) is 5.96. The van der Waals surface area contributed by atoms with E-state index >= 15 is 0 Å². The number of hydrogen-bond acceptors (Lipinski definition) is 3. The van der Waals surface area contributed by atoms with Crippen LogP contribution in [0.4, 0.5) is 0 Å². The summed E-state index contributed by atoms with van der Waals surface area (Å²) >= 11 is 0. The number of carbonyl (C=O) groups excluding carboxylic acids is 1. The number of esters is 1. The standard InChI is InChI=1S/C12H22O3/c1-4-15-11(13)10-8-9(10)6-5-7-12(2,3)14/h9-10,14H,4-8H2,1-3H3. The van der Waals surface area contributed by atoms with Crippen molar-refractivity contribution in [2.75, 3.05) is 6.61 Å². The summed E-state index contributed by atoms with van der Waals surface area (Å²) in [5, 5.41) is 9.52. The average Bonchev–Trinajstić information content (AvgIpc) is 2.82. The molecule has 2 unspecified atom stereocenters. The highest BCUT2D eigenvalue weighted by Crippen LogP contribution is 2.43. The van der Waals surface area contributed by atoms with E-state index in [1.165, 1.54) is 0 Å². The quantitative estimate of drug-likeness (QED) is 0.689. The lowest BCUT2D eigenvalue weighted by atomic mass is 10.00. The van der Waals surface area contributed by atoms with Crippen LogP contribution >= 0.6 is 0 Å². The van der Waals surface area contributed by atoms with Gasteiger partial charge in [0.2, 0.25) is 0 Å². The molecule has 0 bridgehead atoms. The van der Waals surface area contributed by atoms with E-state index in [0.29, 0.717) is 12.5 Å². The summed E-state index contributed by atoms with van der Waals surface area (Å²) in [6, 6.07) is 0. The topological polar surface area (TPSA) is 46.5 Å². The maximum Gasteiger partial charge on any atom is 0.309 e. The highest BCUT2D eigenvalue weighted by Gasteiger charge is 2.43. The van der Waals surface area contributed by atoms with Gasteiger partial charge in [-0.3, -0.25) is 4.79 Å². The highest BCUT2D eigenvalue weighted by molar-refractivity contribution is 5.75. The molecule has 1 aliphatic carbocycles. The second kappa shape index (κ2) is 4.97. The van der Waals surface area contributed by atoms with Gasteiger partial charge in [-0.2, -0.15) is 0 Å². The van der Waals surface area contributed by atoms with E-state index in [1.807, 2.05) is 20.8 Å². The van der Waals surface area contributed by atoms with Crippen LogP contribution in [0.15, 0.2) is 0 Å². The van der Waals surface area contributed by atoms with Crippen molar-refractivity contribution in [3.63, 3.8) is 0 Å². The van der Waals surface area contributed by atoms with Crippen LogP contribution in [0.3, 0.4) is 0 Å². The third kappa shape index (κ3) is 4.65. The molecular formula is C12H22O3. The van der Waals surface area contributed by atoms with E-state index in [1.54, 1.807) is 0 Å². The first-order valence-corrected chi connectivity index (χ1v) is 5.83. The van der Waals surface area contributed by atoms with Crippen LogP contribution in [0.2, 0.25) is 0 Å². The molecule has 0 aromatic rings. The van der Waals surface area contributed by atoms with Crippen molar-refractivity contribution in [1.29, 1.82) is 0 Å². The van der Waals surface area contributed by atoms with Gasteiger partial charge in [0.15, 0.2) is 0 Å². The van der Waals surface area contributed by atoms with Gasteiger partial charge in [0.1, 0.15) is 0 Å². The van der Waals surface area contributed by atoms with Crippen molar-refractivity contribution in [2.45, 2.75) is 52.1 Å². The number of aliphatic hydroxyl groups is 1. The van der Waals surface area contributed by atoms with E-state index in [-0.39, 0.29) is 11.9 Å². The Hall–Kier alpha value is -0.570. The van der Waals surface area contributed by atoms with Gasteiger partial charge in [-0.15, -0.1) is 0 Å². The Labute approximate surface area is 91.8 Å². The van der Waals surface area contributed by atoms with Crippen LogP contribution in [-0.2, 0) is 9.53 Å². The summed E-state index contributed by atoms with van der Waals surface area (Å²) in [7, 11) is 0. The molecule has 15 heavy (non-hydrogen) atoms. The highest BCUT2D eigenvalue weighted by atomic mass is 16.5. The van der Waals surface area contributed by atoms with Gasteiger partial charge in [0.05, 0.1) is 18.1 Å². The zero-order valence-corrected chi connectivity index (χ0v) is 9.95. The normalized spacial score (nSPS) is 25.1. The van der Waals surface area contributed by atoms with Crippen molar-refractivity contribution in [2.24, 2.45) is 11.8 Å².